The molecule has 25 heavy (non-hydrogen) atoms. The first kappa shape index (κ1) is 21.6. The van der Waals surface area contributed by atoms with Crippen molar-refractivity contribution in [1.82, 2.24) is 9.62 Å². The Morgan fingerprint density at radius 2 is 1.88 bits per heavy atom. The predicted molar refractivity (Wildman–Crippen MR) is 101 cm³/mol. The van der Waals surface area contributed by atoms with Crippen LogP contribution in [0, 0.1) is 6.92 Å². The average molecular weight is 370 g/mol. The van der Waals surface area contributed by atoms with E-state index in [2.05, 4.69) is 12.2 Å². The molecule has 3 N–H and O–H groups in total. The van der Waals surface area contributed by atoms with Crippen LogP contribution in [0.2, 0.25) is 0 Å². The van der Waals surface area contributed by atoms with Crippen LogP contribution < -0.4 is 11.1 Å². The minimum Gasteiger partial charge on any atom is -0.348 e. The van der Waals surface area contributed by atoms with Crippen LogP contribution >= 0.6 is 0 Å². The summed E-state index contributed by atoms with van der Waals surface area (Å²) in [6.45, 7) is 8.61. The Kier molecular flexibility index (Phi) is 8.55. The van der Waals surface area contributed by atoms with Crippen molar-refractivity contribution in [2.24, 2.45) is 5.73 Å². The average Bonchev–Trinajstić information content (AvgIpc) is 2.59. The van der Waals surface area contributed by atoms with E-state index in [-0.39, 0.29) is 16.8 Å². The molecule has 0 aromatic heterocycles. The van der Waals surface area contributed by atoms with Crippen LogP contribution in [0.3, 0.4) is 0 Å². The van der Waals surface area contributed by atoms with Gasteiger partial charge in [0.2, 0.25) is 10.0 Å². The molecular weight excluding hydrogens is 338 g/mol. The fourth-order valence-corrected chi connectivity index (χ4v) is 4.17. The van der Waals surface area contributed by atoms with Crippen molar-refractivity contribution in [1.29, 1.82) is 0 Å². The van der Waals surface area contributed by atoms with Crippen molar-refractivity contribution < 1.29 is 13.2 Å². The van der Waals surface area contributed by atoms with E-state index in [9.17, 15) is 13.2 Å². The summed E-state index contributed by atoms with van der Waals surface area (Å²) in [5.41, 5.74) is 6.85. The molecule has 0 saturated heterocycles. The number of sulfonamides is 1. The van der Waals surface area contributed by atoms with Crippen LogP contribution in [0.25, 0.3) is 0 Å². The first-order valence-electron chi connectivity index (χ1n) is 8.93. The number of amides is 1. The SMILES string of the molecule is CCCCC(CN)NC(=O)c1cc(S(=O)(=O)N(CC)CC)ccc1C. The van der Waals surface area contributed by atoms with E-state index < -0.39 is 10.0 Å². The third-order valence-corrected chi connectivity index (χ3v) is 6.37. The zero-order chi connectivity index (χ0) is 19.0. The van der Waals surface area contributed by atoms with Crippen molar-refractivity contribution >= 4 is 15.9 Å². The van der Waals surface area contributed by atoms with Gasteiger partial charge in [0, 0.05) is 31.2 Å². The zero-order valence-corrected chi connectivity index (χ0v) is 16.5. The van der Waals surface area contributed by atoms with Crippen LogP contribution in [0.1, 0.15) is 56.0 Å². The summed E-state index contributed by atoms with van der Waals surface area (Å²) in [6.07, 6.45) is 2.83. The number of nitrogens with two attached hydrogens (primary N) is 1. The third-order valence-electron chi connectivity index (χ3n) is 4.32. The van der Waals surface area contributed by atoms with Crippen LogP contribution in [-0.4, -0.2) is 44.3 Å². The molecule has 1 amide bonds. The van der Waals surface area contributed by atoms with Crippen molar-refractivity contribution in [3.8, 4) is 0 Å². The van der Waals surface area contributed by atoms with Gasteiger partial charge in [-0.3, -0.25) is 4.79 Å². The fraction of sp³-hybridized carbons (Fsp3) is 0.611. The minimum atomic E-state index is -3.59. The molecule has 0 spiro atoms. The molecule has 1 aromatic carbocycles. The molecule has 0 heterocycles. The molecule has 1 unspecified atom stereocenters. The summed E-state index contributed by atoms with van der Waals surface area (Å²) in [4.78, 5) is 12.8. The first-order valence-corrected chi connectivity index (χ1v) is 10.4. The molecule has 0 aliphatic carbocycles. The minimum absolute atomic E-state index is 0.102. The highest BCUT2D eigenvalue weighted by molar-refractivity contribution is 7.89. The summed E-state index contributed by atoms with van der Waals surface area (Å²) in [7, 11) is -3.59. The predicted octanol–water partition coefficient (Wildman–Crippen LogP) is 2.27. The van der Waals surface area contributed by atoms with E-state index in [0.29, 0.717) is 25.2 Å². The molecule has 1 atom stereocenters. The second-order valence-corrected chi connectivity index (χ2v) is 8.05. The number of carbonyl (C=O) groups is 1. The second kappa shape index (κ2) is 9.89. The fourth-order valence-electron chi connectivity index (χ4n) is 2.68. The van der Waals surface area contributed by atoms with Crippen molar-refractivity contribution in [2.45, 2.75) is 57.9 Å². The third kappa shape index (κ3) is 5.52. The van der Waals surface area contributed by atoms with Gasteiger partial charge in [0.25, 0.3) is 5.91 Å². The molecule has 0 aliphatic heterocycles. The number of unbranched alkanes of at least 4 members (excludes halogenated alkanes) is 1. The summed E-state index contributed by atoms with van der Waals surface area (Å²) in [6, 6.07) is 4.59. The highest BCUT2D eigenvalue weighted by Gasteiger charge is 2.24. The van der Waals surface area contributed by atoms with Crippen LogP contribution in [0.5, 0.6) is 0 Å². The first-order chi connectivity index (χ1) is 11.8. The largest absolute Gasteiger partial charge is 0.348 e. The summed E-state index contributed by atoms with van der Waals surface area (Å²) >= 11 is 0. The number of nitrogens with zero attached hydrogens (tertiary/aromatic N) is 1. The standard InChI is InChI=1S/C18H31N3O3S/c1-5-8-9-15(13-19)20-18(22)17-12-16(11-10-14(17)4)25(23,24)21(6-2)7-3/h10-12,15H,5-9,13,19H2,1-4H3,(H,20,22). The lowest BCUT2D eigenvalue weighted by atomic mass is 10.1. The van der Waals surface area contributed by atoms with Gasteiger partial charge in [0.1, 0.15) is 0 Å². The molecule has 0 saturated carbocycles. The Hall–Kier alpha value is -1.44. The van der Waals surface area contributed by atoms with Gasteiger partial charge in [-0.25, -0.2) is 8.42 Å². The van der Waals surface area contributed by atoms with E-state index in [4.69, 9.17) is 5.73 Å². The Labute approximate surface area is 151 Å². The normalized spacial score (nSPS) is 13.0. The van der Waals surface area contributed by atoms with E-state index in [1.54, 1.807) is 32.9 Å². The molecular formula is C18H31N3O3S. The quantitative estimate of drug-likeness (QED) is 0.662. The molecule has 142 valence electrons. The van der Waals surface area contributed by atoms with Gasteiger partial charge in [-0.05, 0) is 31.0 Å². The highest BCUT2D eigenvalue weighted by Crippen LogP contribution is 2.20. The monoisotopic (exact) mass is 369 g/mol. The molecule has 1 aromatic rings. The molecule has 0 fully saturated rings. The molecule has 0 bridgehead atoms. The number of aryl methyl sites for hydroxylation is 1. The van der Waals surface area contributed by atoms with Crippen molar-refractivity contribution in [3.05, 3.63) is 29.3 Å². The maximum absolute atomic E-state index is 12.7. The summed E-state index contributed by atoms with van der Waals surface area (Å²) in [5.74, 6) is -0.277. The van der Waals surface area contributed by atoms with Gasteiger partial charge in [-0.2, -0.15) is 4.31 Å². The van der Waals surface area contributed by atoms with Crippen molar-refractivity contribution in [2.75, 3.05) is 19.6 Å². The smallest absolute Gasteiger partial charge is 0.251 e. The van der Waals surface area contributed by atoms with Crippen LogP contribution in [0.15, 0.2) is 23.1 Å². The number of benzene rings is 1. The number of hydrogen-bond acceptors (Lipinski definition) is 4. The Morgan fingerprint density at radius 1 is 1.24 bits per heavy atom. The van der Waals surface area contributed by atoms with Gasteiger partial charge in [-0.15, -0.1) is 0 Å². The molecule has 6 nitrogen and oxygen atoms in total. The zero-order valence-electron chi connectivity index (χ0n) is 15.7. The Bertz CT molecular complexity index is 670. The maximum Gasteiger partial charge on any atom is 0.251 e. The Morgan fingerprint density at radius 3 is 2.40 bits per heavy atom. The molecule has 1 rings (SSSR count). The summed E-state index contributed by atoms with van der Waals surface area (Å²) < 4.78 is 26.7. The lowest BCUT2D eigenvalue weighted by Gasteiger charge is -2.20. The number of hydrogen-bond donors (Lipinski definition) is 2. The lowest BCUT2D eigenvalue weighted by Crippen LogP contribution is -2.40. The molecule has 0 aliphatic rings. The van der Waals surface area contributed by atoms with Crippen LogP contribution in [0.4, 0.5) is 0 Å². The second-order valence-electron chi connectivity index (χ2n) is 6.11. The van der Waals surface area contributed by atoms with Gasteiger partial charge in [0.05, 0.1) is 4.90 Å². The molecule has 7 heteroatoms. The van der Waals surface area contributed by atoms with Gasteiger partial charge >= 0.3 is 0 Å². The number of carbonyl (C=O) groups excluding carboxylic acids is 1. The topological polar surface area (TPSA) is 92.5 Å². The number of nitrogens with one attached hydrogen (secondary N) is 1. The van der Waals surface area contributed by atoms with E-state index >= 15 is 0 Å². The van der Waals surface area contributed by atoms with Gasteiger partial charge in [0.15, 0.2) is 0 Å². The van der Waals surface area contributed by atoms with E-state index in [1.165, 1.54) is 10.4 Å². The highest BCUT2D eigenvalue weighted by atomic mass is 32.2. The van der Waals surface area contributed by atoms with Gasteiger partial charge < -0.3 is 11.1 Å². The van der Waals surface area contributed by atoms with Gasteiger partial charge in [-0.1, -0.05) is 39.7 Å². The summed E-state index contributed by atoms with van der Waals surface area (Å²) in [5, 5.41) is 2.92. The van der Waals surface area contributed by atoms with E-state index in [1.807, 2.05) is 0 Å². The number of rotatable bonds is 10. The lowest BCUT2D eigenvalue weighted by molar-refractivity contribution is 0.0935. The van der Waals surface area contributed by atoms with Crippen molar-refractivity contribution in [3.63, 3.8) is 0 Å². The van der Waals surface area contributed by atoms with Crippen LogP contribution in [-0.2, 0) is 10.0 Å². The molecule has 0 radical (unpaired) electrons. The maximum atomic E-state index is 12.7. The Balaban J connectivity index is 3.11. The van der Waals surface area contributed by atoms with E-state index in [0.717, 1.165) is 24.8 Å².